The zero-order valence-electron chi connectivity index (χ0n) is 27.5. The molecule has 1 aliphatic rings. The van der Waals surface area contributed by atoms with Gasteiger partial charge in [-0.2, -0.15) is 18.3 Å². The third kappa shape index (κ3) is 8.66. The number of aromatic nitrogens is 2. The van der Waals surface area contributed by atoms with E-state index in [9.17, 15) is 22.8 Å². The summed E-state index contributed by atoms with van der Waals surface area (Å²) < 4.78 is 47.8. The van der Waals surface area contributed by atoms with Crippen molar-refractivity contribution in [2.24, 2.45) is 5.92 Å². The maximum Gasteiger partial charge on any atom is 0.435 e. The number of carbonyl (C=O) groups excluding carboxylic acids is 2. The maximum atomic E-state index is 13.9. The highest BCUT2D eigenvalue weighted by Crippen LogP contribution is 2.33. The summed E-state index contributed by atoms with van der Waals surface area (Å²) in [6.45, 7) is 6.11. The molecule has 11 heteroatoms. The molecular formula is C38H38F3N5O3. The Labute approximate surface area is 282 Å². The molecule has 1 fully saturated rings. The monoisotopic (exact) mass is 669 g/mol. The lowest BCUT2D eigenvalue weighted by Crippen LogP contribution is -2.32. The van der Waals surface area contributed by atoms with Crippen molar-refractivity contribution in [2.75, 3.05) is 11.9 Å². The quantitative estimate of drug-likeness (QED) is 0.139. The Morgan fingerprint density at radius 3 is 2.35 bits per heavy atom. The van der Waals surface area contributed by atoms with Crippen LogP contribution in [0.2, 0.25) is 0 Å². The molecular weight excluding hydrogens is 631 g/mol. The summed E-state index contributed by atoms with van der Waals surface area (Å²) in [5.41, 5.74) is 1.00. The SMILES string of the molecule is CC(C)(C)OC(=O)NCc1cccc(-n2nc(C(F)(F)F)cc2C(=O)Nc2cccc(C(NCC3CC3)c3ccc4ccccc4c3)c2)c1. The molecule has 2 amide bonds. The van der Waals surface area contributed by atoms with Gasteiger partial charge < -0.3 is 20.7 Å². The van der Waals surface area contributed by atoms with Gasteiger partial charge in [0.25, 0.3) is 5.91 Å². The van der Waals surface area contributed by atoms with Gasteiger partial charge in [-0.1, -0.05) is 60.7 Å². The minimum absolute atomic E-state index is 0.0532. The fourth-order valence-corrected chi connectivity index (χ4v) is 5.58. The minimum Gasteiger partial charge on any atom is -0.444 e. The fraction of sp³-hybridized carbons (Fsp3) is 0.289. The summed E-state index contributed by atoms with van der Waals surface area (Å²) >= 11 is 0. The van der Waals surface area contributed by atoms with Gasteiger partial charge in [0.05, 0.1) is 11.7 Å². The molecule has 1 unspecified atom stereocenters. The van der Waals surface area contributed by atoms with Crippen LogP contribution in [-0.2, 0) is 17.5 Å². The van der Waals surface area contributed by atoms with E-state index in [1.807, 2.05) is 30.3 Å². The van der Waals surface area contributed by atoms with Gasteiger partial charge in [-0.3, -0.25) is 4.79 Å². The summed E-state index contributed by atoms with van der Waals surface area (Å²) in [5.74, 6) is -0.133. The van der Waals surface area contributed by atoms with Crippen LogP contribution in [0, 0.1) is 5.92 Å². The lowest BCUT2D eigenvalue weighted by Gasteiger charge is -2.21. The van der Waals surface area contributed by atoms with Gasteiger partial charge in [-0.05, 0) is 104 Å². The number of rotatable bonds is 10. The third-order valence-corrected chi connectivity index (χ3v) is 8.12. The van der Waals surface area contributed by atoms with Crippen molar-refractivity contribution in [2.45, 2.75) is 58.0 Å². The number of alkyl halides is 3. The van der Waals surface area contributed by atoms with Crippen molar-refractivity contribution < 1.29 is 27.5 Å². The molecule has 254 valence electrons. The largest absolute Gasteiger partial charge is 0.444 e. The predicted molar refractivity (Wildman–Crippen MR) is 183 cm³/mol. The van der Waals surface area contributed by atoms with E-state index >= 15 is 0 Å². The number of hydrogen-bond donors (Lipinski definition) is 3. The number of amides is 2. The average molecular weight is 670 g/mol. The summed E-state index contributed by atoms with van der Waals surface area (Å²) in [6, 6.07) is 28.8. The summed E-state index contributed by atoms with van der Waals surface area (Å²) in [6.07, 6.45) is -3.05. The molecule has 1 saturated carbocycles. The predicted octanol–water partition coefficient (Wildman–Crippen LogP) is 8.41. The van der Waals surface area contributed by atoms with Crippen LogP contribution in [0.15, 0.2) is 97.1 Å². The zero-order valence-corrected chi connectivity index (χ0v) is 27.5. The van der Waals surface area contributed by atoms with Crippen LogP contribution in [0.1, 0.15) is 72.5 Å². The van der Waals surface area contributed by atoms with Crippen LogP contribution in [0.4, 0.5) is 23.7 Å². The van der Waals surface area contributed by atoms with Crippen LogP contribution in [-0.4, -0.2) is 33.9 Å². The van der Waals surface area contributed by atoms with Crippen molar-refractivity contribution in [3.8, 4) is 5.69 Å². The van der Waals surface area contributed by atoms with Gasteiger partial charge in [-0.15, -0.1) is 0 Å². The number of carbonyl (C=O) groups is 2. The Bertz CT molecular complexity index is 1980. The van der Waals surface area contributed by atoms with E-state index in [-0.39, 0.29) is 24.0 Å². The highest BCUT2D eigenvalue weighted by molar-refractivity contribution is 6.03. The normalized spacial score (nSPS) is 14.0. The van der Waals surface area contributed by atoms with Gasteiger partial charge in [0.1, 0.15) is 11.3 Å². The fourth-order valence-electron chi connectivity index (χ4n) is 5.58. The molecule has 0 saturated heterocycles. The third-order valence-electron chi connectivity index (χ3n) is 8.12. The van der Waals surface area contributed by atoms with Gasteiger partial charge in [0.15, 0.2) is 5.69 Å². The van der Waals surface area contributed by atoms with Crippen LogP contribution >= 0.6 is 0 Å². The van der Waals surface area contributed by atoms with Crippen LogP contribution in [0.5, 0.6) is 0 Å². The van der Waals surface area contributed by atoms with Crippen LogP contribution < -0.4 is 16.0 Å². The number of benzene rings is 4. The highest BCUT2D eigenvalue weighted by Gasteiger charge is 2.36. The highest BCUT2D eigenvalue weighted by atomic mass is 19.4. The smallest absolute Gasteiger partial charge is 0.435 e. The van der Waals surface area contributed by atoms with Crippen molar-refractivity contribution in [1.29, 1.82) is 0 Å². The molecule has 1 atom stereocenters. The standard InChI is InChI=1S/C38H38F3N5O3/c1-37(2,3)49-36(48)43-23-25-8-6-13-31(18-25)46-32(21-33(45-46)38(39,40)41)35(47)44-30-12-7-11-28(20-30)34(42-22-24-14-15-24)29-17-16-26-9-4-5-10-27(26)19-29/h4-13,16-21,24,34,42H,14-15,22-23H2,1-3H3,(H,43,48)(H,44,47). The molecule has 8 nitrogen and oxygen atoms in total. The number of hydrogen-bond acceptors (Lipinski definition) is 5. The minimum atomic E-state index is -4.78. The van der Waals surface area contributed by atoms with Gasteiger partial charge in [0.2, 0.25) is 0 Å². The second-order valence-electron chi connectivity index (χ2n) is 13.3. The van der Waals surface area contributed by atoms with E-state index in [1.54, 1.807) is 51.1 Å². The van der Waals surface area contributed by atoms with Crippen molar-refractivity contribution in [3.05, 3.63) is 125 Å². The second kappa shape index (κ2) is 13.8. The first-order valence-corrected chi connectivity index (χ1v) is 16.2. The topological polar surface area (TPSA) is 97.3 Å². The van der Waals surface area contributed by atoms with Crippen LogP contribution in [0.3, 0.4) is 0 Å². The first-order valence-electron chi connectivity index (χ1n) is 16.2. The number of anilines is 1. The summed E-state index contributed by atoms with van der Waals surface area (Å²) in [4.78, 5) is 25.8. The first-order chi connectivity index (χ1) is 23.3. The Balaban J connectivity index is 1.26. The number of ether oxygens (including phenoxy) is 1. The maximum absolute atomic E-state index is 13.9. The molecule has 6 rings (SSSR count). The number of nitrogens with one attached hydrogen (secondary N) is 3. The molecule has 0 spiro atoms. The van der Waals surface area contributed by atoms with E-state index in [1.165, 1.54) is 12.8 Å². The Morgan fingerprint density at radius 1 is 0.878 bits per heavy atom. The lowest BCUT2D eigenvalue weighted by atomic mass is 9.95. The Morgan fingerprint density at radius 2 is 1.61 bits per heavy atom. The van der Waals surface area contributed by atoms with Crippen molar-refractivity contribution >= 4 is 28.5 Å². The lowest BCUT2D eigenvalue weighted by molar-refractivity contribution is -0.141. The molecule has 5 aromatic rings. The molecule has 49 heavy (non-hydrogen) atoms. The van der Waals surface area contributed by atoms with E-state index in [0.29, 0.717) is 17.2 Å². The first kappa shape index (κ1) is 33.7. The number of halogens is 3. The van der Waals surface area contributed by atoms with E-state index < -0.39 is 29.5 Å². The van der Waals surface area contributed by atoms with Gasteiger partial charge in [0, 0.05) is 18.3 Å². The second-order valence-corrected chi connectivity index (χ2v) is 13.3. The Kier molecular flexibility index (Phi) is 9.47. The summed E-state index contributed by atoms with van der Waals surface area (Å²) in [5, 5.41) is 15.1. The average Bonchev–Trinajstić information content (AvgIpc) is 3.76. The van der Waals surface area contributed by atoms with Crippen LogP contribution in [0.25, 0.3) is 16.5 Å². The van der Waals surface area contributed by atoms with E-state index in [4.69, 9.17) is 4.74 Å². The van der Waals surface area contributed by atoms with Gasteiger partial charge in [-0.25, -0.2) is 9.48 Å². The van der Waals surface area contributed by atoms with E-state index in [2.05, 4.69) is 51.4 Å². The van der Waals surface area contributed by atoms with Crippen molar-refractivity contribution in [3.63, 3.8) is 0 Å². The zero-order chi connectivity index (χ0) is 34.8. The molecule has 1 aromatic heterocycles. The molecule has 0 aliphatic heterocycles. The van der Waals surface area contributed by atoms with Crippen molar-refractivity contribution in [1.82, 2.24) is 20.4 Å². The number of fused-ring (bicyclic) bond motifs is 1. The molecule has 1 heterocycles. The molecule has 1 aliphatic carbocycles. The number of nitrogens with zero attached hydrogens (tertiary/aromatic N) is 2. The molecule has 4 aromatic carbocycles. The Hall–Kier alpha value is -5.16. The molecule has 0 radical (unpaired) electrons. The summed E-state index contributed by atoms with van der Waals surface area (Å²) in [7, 11) is 0. The number of alkyl carbamates (subject to hydrolysis) is 1. The van der Waals surface area contributed by atoms with E-state index in [0.717, 1.165) is 39.2 Å². The molecule has 0 bridgehead atoms. The molecule has 3 N–H and O–H groups in total. The van der Waals surface area contributed by atoms with Gasteiger partial charge >= 0.3 is 12.3 Å².